The van der Waals surface area contributed by atoms with Gasteiger partial charge in [-0.25, -0.2) is 0 Å². The minimum Gasteiger partial charge on any atom is -0.395 e. The molecule has 1 fully saturated rings. The third-order valence-corrected chi connectivity index (χ3v) is 8.13. The molecule has 2 N–H and O–H groups in total. The van der Waals surface area contributed by atoms with Crippen molar-refractivity contribution < 1.29 is 24.6 Å². The topological polar surface area (TPSA) is 101 Å². The molecule has 0 radical (unpaired) electrons. The Morgan fingerprint density at radius 3 is 2.50 bits per heavy atom. The van der Waals surface area contributed by atoms with Crippen molar-refractivity contribution in [2.75, 3.05) is 29.5 Å². The number of hydrogen-bond donors (Lipinski definition) is 2. The number of carbonyl (C=O) groups is 3. The third kappa shape index (κ3) is 5.86. The van der Waals surface area contributed by atoms with E-state index in [4.69, 9.17) is 0 Å². The highest BCUT2D eigenvalue weighted by atomic mass is 16.3. The summed E-state index contributed by atoms with van der Waals surface area (Å²) >= 11 is 0. The van der Waals surface area contributed by atoms with Crippen molar-refractivity contribution in [1.82, 2.24) is 4.90 Å². The maximum atomic E-state index is 13.9. The van der Waals surface area contributed by atoms with E-state index in [1.54, 1.807) is 45.9 Å². The monoisotopic (exact) mass is 567 g/mol. The van der Waals surface area contributed by atoms with E-state index in [0.29, 0.717) is 30.8 Å². The summed E-state index contributed by atoms with van der Waals surface area (Å²) in [5.74, 6) is -1.10. The lowest BCUT2D eigenvalue weighted by Crippen LogP contribution is -2.44. The number of fused-ring (bicyclic) bond motifs is 1. The van der Waals surface area contributed by atoms with Crippen LogP contribution in [0.5, 0.6) is 0 Å². The molecule has 0 bridgehead atoms. The van der Waals surface area contributed by atoms with Gasteiger partial charge in [0.15, 0.2) is 5.60 Å². The second-order valence-corrected chi connectivity index (χ2v) is 10.9. The molecule has 3 aromatic carbocycles. The predicted molar refractivity (Wildman–Crippen MR) is 161 cm³/mol. The fourth-order valence-corrected chi connectivity index (χ4v) is 5.84. The van der Waals surface area contributed by atoms with Gasteiger partial charge in [-0.15, -0.1) is 0 Å². The molecule has 3 amide bonds. The van der Waals surface area contributed by atoms with Gasteiger partial charge in [0, 0.05) is 49.6 Å². The number of amides is 3. The first-order chi connectivity index (χ1) is 20.3. The minimum atomic E-state index is -1.80. The highest BCUT2D eigenvalue weighted by molar-refractivity contribution is 6.07. The van der Waals surface area contributed by atoms with Gasteiger partial charge in [-0.1, -0.05) is 79.7 Å². The molecule has 0 aliphatic carbocycles. The van der Waals surface area contributed by atoms with E-state index >= 15 is 0 Å². The van der Waals surface area contributed by atoms with Crippen LogP contribution in [0.2, 0.25) is 0 Å². The lowest BCUT2D eigenvalue weighted by atomic mass is 9.83. The Labute approximate surface area is 246 Å². The molecule has 0 saturated carbocycles. The standard InChI is InChI=1S/C34H37N3O5/c1-25(10-7-17-31(39)35(20-21-38)23-26-11-3-2-4-12-26)34(42)29-15-5-6-16-30(29)37(33(34)41)24-27-13-8-14-28(22-27)36-19-9-18-32(36)40/h2-8,10-16,22,25,38,42H,9,17-21,23-24H2,1H3/b10-7+/t25-,34+/m1/s1. The van der Waals surface area contributed by atoms with Crippen LogP contribution in [0, 0.1) is 5.92 Å². The van der Waals surface area contributed by atoms with Gasteiger partial charge in [0.1, 0.15) is 0 Å². The van der Waals surface area contributed by atoms with Crippen molar-refractivity contribution in [3.63, 3.8) is 0 Å². The quantitative estimate of drug-likeness (QED) is 0.339. The Hall–Kier alpha value is -4.27. The fourth-order valence-electron chi connectivity index (χ4n) is 5.84. The fraction of sp³-hybridized carbons (Fsp3) is 0.324. The summed E-state index contributed by atoms with van der Waals surface area (Å²) in [5.41, 5.74) is 2.01. The number of aliphatic hydroxyl groups is 2. The average molecular weight is 568 g/mol. The highest BCUT2D eigenvalue weighted by Gasteiger charge is 2.52. The molecule has 2 aliphatic rings. The van der Waals surface area contributed by atoms with Crippen LogP contribution in [0.15, 0.2) is 91.0 Å². The van der Waals surface area contributed by atoms with Crippen molar-refractivity contribution in [3.05, 3.63) is 108 Å². The van der Waals surface area contributed by atoms with Crippen LogP contribution in [0.1, 0.15) is 42.9 Å². The van der Waals surface area contributed by atoms with Crippen LogP contribution < -0.4 is 9.80 Å². The summed E-state index contributed by atoms with van der Waals surface area (Å²) in [6.45, 7) is 3.17. The molecule has 2 atom stereocenters. The zero-order chi connectivity index (χ0) is 29.7. The normalized spacial score (nSPS) is 19.0. The smallest absolute Gasteiger partial charge is 0.264 e. The van der Waals surface area contributed by atoms with Crippen LogP contribution in [-0.2, 0) is 33.1 Å². The SMILES string of the molecule is C[C@H](/C=C/CC(=O)N(CCO)Cc1ccccc1)[C@@]1(O)C(=O)N(Cc2cccc(N3CCCC3=O)c2)c2ccccc21. The molecule has 8 nitrogen and oxygen atoms in total. The summed E-state index contributed by atoms with van der Waals surface area (Å²) < 4.78 is 0. The lowest BCUT2D eigenvalue weighted by molar-refractivity contribution is -0.139. The predicted octanol–water partition coefficient (Wildman–Crippen LogP) is 4.15. The summed E-state index contributed by atoms with van der Waals surface area (Å²) in [6, 6.07) is 24.5. The zero-order valence-electron chi connectivity index (χ0n) is 23.9. The Morgan fingerprint density at radius 1 is 1.02 bits per heavy atom. The molecule has 2 aliphatic heterocycles. The van der Waals surface area contributed by atoms with Gasteiger partial charge in [-0.05, 0) is 35.7 Å². The summed E-state index contributed by atoms with van der Waals surface area (Å²) in [4.78, 5) is 44.1. The molecule has 3 aromatic rings. The molecule has 0 spiro atoms. The molecular formula is C34H37N3O5. The first kappa shape index (κ1) is 29.2. The minimum absolute atomic E-state index is 0.0782. The molecule has 0 aromatic heterocycles. The Bertz CT molecular complexity index is 1470. The number of nitrogens with zero attached hydrogens (tertiary/aromatic N) is 3. The molecular weight excluding hydrogens is 530 g/mol. The van der Waals surface area contributed by atoms with E-state index in [-0.39, 0.29) is 37.9 Å². The largest absolute Gasteiger partial charge is 0.395 e. The Kier molecular flexibility index (Phi) is 8.85. The van der Waals surface area contributed by atoms with Crippen LogP contribution in [-0.4, -0.2) is 52.5 Å². The van der Waals surface area contributed by atoms with Crippen molar-refractivity contribution in [2.45, 2.75) is 44.9 Å². The van der Waals surface area contributed by atoms with E-state index < -0.39 is 17.4 Å². The zero-order valence-corrected chi connectivity index (χ0v) is 23.9. The molecule has 1 saturated heterocycles. The van der Waals surface area contributed by atoms with Gasteiger partial charge in [-0.2, -0.15) is 0 Å². The first-order valence-corrected chi connectivity index (χ1v) is 14.4. The molecule has 8 heteroatoms. The number of rotatable bonds is 11. The van der Waals surface area contributed by atoms with Gasteiger partial charge in [0.2, 0.25) is 11.8 Å². The van der Waals surface area contributed by atoms with E-state index in [0.717, 1.165) is 23.2 Å². The first-order valence-electron chi connectivity index (χ1n) is 14.4. The van der Waals surface area contributed by atoms with Crippen LogP contribution in [0.3, 0.4) is 0 Å². The number of anilines is 2. The summed E-state index contributed by atoms with van der Waals surface area (Å²) in [7, 11) is 0. The van der Waals surface area contributed by atoms with Crippen molar-refractivity contribution in [3.8, 4) is 0 Å². The maximum absolute atomic E-state index is 13.9. The second kappa shape index (κ2) is 12.7. The van der Waals surface area contributed by atoms with Crippen molar-refractivity contribution in [1.29, 1.82) is 0 Å². The molecule has 5 rings (SSSR count). The second-order valence-electron chi connectivity index (χ2n) is 10.9. The molecule has 2 heterocycles. The number of para-hydroxylation sites is 1. The van der Waals surface area contributed by atoms with E-state index in [1.807, 2.05) is 66.7 Å². The molecule has 0 unspecified atom stereocenters. The lowest BCUT2D eigenvalue weighted by Gasteiger charge is -2.28. The van der Waals surface area contributed by atoms with Gasteiger partial charge >= 0.3 is 0 Å². The maximum Gasteiger partial charge on any atom is 0.264 e. The van der Waals surface area contributed by atoms with E-state index in [1.165, 1.54) is 0 Å². The van der Waals surface area contributed by atoms with Gasteiger partial charge in [-0.3, -0.25) is 14.4 Å². The van der Waals surface area contributed by atoms with E-state index in [2.05, 4.69) is 0 Å². The molecule has 42 heavy (non-hydrogen) atoms. The van der Waals surface area contributed by atoms with Gasteiger partial charge in [0.25, 0.3) is 5.91 Å². The molecule has 218 valence electrons. The summed E-state index contributed by atoms with van der Waals surface area (Å²) in [6.07, 6.45) is 4.86. The number of hydrogen-bond acceptors (Lipinski definition) is 5. The Morgan fingerprint density at radius 2 is 1.76 bits per heavy atom. The third-order valence-electron chi connectivity index (χ3n) is 8.13. The number of carbonyl (C=O) groups excluding carboxylic acids is 3. The number of benzene rings is 3. The van der Waals surface area contributed by atoms with Crippen LogP contribution in [0.25, 0.3) is 0 Å². The van der Waals surface area contributed by atoms with E-state index in [9.17, 15) is 24.6 Å². The van der Waals surface area contributed by atoms with Gasteiger partial charge in [0.05, 0.1) is 18.8 Å². The Balaban J connectivity index is 1.31. The highest BCUT2D eigenvalue weighted by Crippen LogP contribution is 2.45. The van der Waals surface area contributed by atoms with Crippen molar-refractivity contribution >= 4 is 29.1 Å². The van der Waals surface area contributed by atoms with Crippen LogP contribution >= 0.6 is 0 Å². The average Bonchev–Trinajstić information content (AvgIpc) is 3.53. The number of aliphatic hydroxyl groups excluding tert-OH is 1. The van der Waals surface area contributed by atoms with Crippen molar-refractivity contribution in [2.24, 2.45) is 5.92 Å². The van der Waals surface area contributed by atoms with Crippen LogP contribution in [0.4, 0.5) is 11.4 Å². The summed E-state index contributed by atoms with van der Waals surface area (Å²) in [5, 5.41) is 21.4. The van der Waals surface area contributed by atoms with Gasteiger partial charge < -0.3 is 24.9 Å².